The van der Waals surface area contributed by atoms with Gasteiger partial charge in [-0.2, -0.15) is 0 Å². The van der Waals surface area contributed by atoms with Gasteiger partial charge in [-0.05, 0) is 30.2 Å². The van der Waals surface area contributed by atoms with Crippen LogP contribution < -0.4 is 10.1 Å². The summed E-state index contributed by atoms with van der Waals surface area (Å²) >= 11 is 0. The third-order valence-corrected chi connectivity index (χ3v) is 4.26. The molecule has 0 saturated carbocycles. The second-order valence-electron chi connectivity index (χ2n) is 6.16. The lowest BCUT2D eigenvalue weighted by Gasteiger charge is -2.21. The van der Waals surface area contributed by atoms with E-state index < -0.39 is 0 Å². The Morgan fingerprint density at radius 2 is 1.88 bits per heavy atom. The fourth-order valence-electron chi connectivity index (χ4n) is 2.86. The Labute approximate surface area is 153 Å². The molecule has 1 N–H and O–H groups in total. The number of carbonyl (C=O) groups excluding carboxylic acids is 1. The summed E-state index contributed by atoms with van der Waals surface area (Å²) in [5, 5.41) is 3.10. The lowest BCUT2D eigenvalue weighted by atomic mass is 10.0. The summed E-state index contributed by atoms with van der Waals surface area (Å²) in [6, 6.07) is 17.2. The van der Waals surface area contributed by atoms with E-state index in [1.165, 1.54) is 0 Å². The molecule has 0 fully saturated rings. The van der Waals surface area contributed by atoms with Gasteiger partial charge in [0.25, 0.3) is 0 Å². The van der Waals surface area contributed by atoms with Gasteiger partial charge in [0.05, 0.1) is 13.0 Å². The molecule has 1 aromatic heterocycles. The number of aromatic nitrogens is 2. The van der Waals surface area contributed by atoms with Gasteiger partial charge in [0.2, 0.25) is 5.91 Å². The molecular formula is C21H23N3O2. The zero-order valence-electron chi connectivity index (χ0n) is 15.1. The second kappa shape index (κ2) is 8.34. The van der Waals surface area contributed by atoms with Crippen LogP contribution in [0.3, 0.4) is 0 Å². The molecule has 1 amide bonds. The number of amides is 1. The van der Waals surface area contributed by atoms with E-state index in [1.54, 1.807) is 6.20 Å². The number of benzene rings is 2. The van der Waals surface area contributed by atoms with Crippen LogP contribution in [0, 0.1) is 6.92 Å². The molecule has 2 aromatic carbocycles. The Morgan fingerprint density at radius 1 is 1.15 bits per heavy atom. The molecule has 0 aliphatic carbocycles. The number of imidazole rings is 1. The van der Waals surface area contributed by atoms with Gasteiger partial charge < -0.3 is 14.6 Å². The molecule has 0 saturated heterocycles. The van der Waals surface area contributed by atoms with Crippen LogP contribution in [-0.2, 0) is 11.8 Å². The van der Waals surface area contributed by atoms with Crippen LogP contribution in [0.4, 0.5) is 0 Å². The first-order valence-electron chi connectivity index (χ1n) is 8.65. The third kappa shape index (κ3) is 4.30. The molecule has 3 rings (SSSR count). The quantitative estimate of drug-likeness (QED) is 0.711. The lowest BCUT2D eigenvalue weighted by Crippen LogP contribution is -2.32. The minimum Gasteiger partial charge on any atom is -0.493 e. The Hall–Kier alpha value is -3.08. The van der Waals surface area contributed by atoms with Gasteiger partial charge in [0, 0.05) is 19.4 Å². The van der Waals surface area contributed by atoms with E-state index in [2.05, 4.69) is 10.3 Å². The van der Waals surface area contributed by atoms with Crippen molar-refractivity contribution in [2.45, 2.75) is 19.4 Å². The van der Waals surface area contributed by atoms with Crippen molar-refractivity contribution < 1.29 is 9.53 Å². The average molecular weight is 349 g/mol. The minimum atomic E-state index is -0.291. The highest BCUT2D eigenvalue weighted by molar-refractivity contribution is 5.77. The van der Waals surface area contributed by atoms with Gasteiger partial charge in [-0.15, -0.1) is 0 Å². The summed E-state index contributed by atoms with van der Waals surface area (Å²) in [6.07, 6.45) is 3.90. The Bertz CT molecular complexity index is 858. The maximum Gasteiger partial charge on any atom is 0.224 e. The maximum atomic E-state index is 12.5. The SMILES string of the molecule is Cc1ccccc1C(NC(=O)CCOc1ccccc1)c1nccn1C. The Balaban J connectivity index is 1.69. The molecule has 0 bridgehead atoms. The van der Waals surface area contributed by atoms with Gasteiger partial charge in [-0.3, -0.25) is 4.79 Å². The predicted molar refractivity (Wildman–Crippen MR) is 101 cm³/mol. The molecule has 1 heterocycles. The van der Waals surface area contributed by atoms with Gasteiger partial charge in [0.1, 0.15) is 17.6 Å². The summed E-state index contributed by atoms with van der Waals surface area (Å²) in [6.45, 7) is 2.37. The molecule has 3 aromatic rings. The molecule has 26 heavy (non-hydrogen) atoms. The van der Waals surface area contributed by atoms with Crippen molar-refractivity contribution in [3.05, 3.63) is 83.9 Å². The highest BCUT2D eigenvalue weighted by atomic mass is 16.5. The number of nitrogens with zero attached hydrogens (tertiary/aromatic N) is 2. The van der Waals surface area contributed by atoms with Crippen molar-refractivity contribution in [2.24, 2.45) is 7.05 Å². The Morgan fingerprint density at radius 3 is 2.58 bits per heavy atom. The van der Waals surface area contributed by atoms with Crippen molar-refractivity contribution in [1.29, 1.82) is 0 Å². The van der Waals surface area contributed by atoms with E-state index >= 15 is 0 Å². The number of hydrogen-bond donors (Lipinski definition) is 1. The maximum absolute atomic E-state index is 12.5. The van der Waals surface area contributed by atoms with Crippen molar-refractivity contribution >= 4 is 5.91 Å². The van der Waals surface area contributed by atoms with Gasteiger partial charge in [-0.25, -0.2) is 4.98 Å². The minimum absolute atomic E-state index is 0.0721. The van der Waals surface area contributed by atoms with Crippen LogP contribution in [0.25, 0.3) is 0 Å². The van der Waals surface area contributed by atoms with Crippen LogP contribution in [0.1, 0.15) is 29.4 Å². The average Bonchev–Trinajstić information content (AvgIpc) is 3.07. The topological polar surface area (TPSA) is 56.1 Å². The molecule has 5 nitrogen and oxygen atoms in total. The van der Waals surface area contributed by atoms with Crippen molar-refractivity contribution in [1.82, 2.24) is 14.9 Å². The Kier molecular flexibility index (Phi) is 5.69. The number of aryl methyl sites for hydroxylation is 2. The highest BCUT2D eigenvalue weighted by Crippen LogP contribution is 2.23. The van der Waals surface area contributed by atoms with Gasteiger partial charge in [0.15, 0.2) is 0 Å². The monoisotopic (exact) mass is 349 g/mol. The van der Waals surface area contributed by atoms with Crippen LogP contribution >= 0.6 is 0 Å². The van der Waals surface area contributed by atoms with Crippen molar-refractivity contribution in [2.75, 3.05) is 6.61 Å². The molecule has 0 aliphatic heterocycles. The number of nitrogens with one attached hydrogen (secondary N) is 1. The number of rotatable bonds is 7. The lowest BCUT2D eigenvalue weighted by molar-refractivity contribution is -0.122. The predicted octanol–water partition coefficient (Wildman–Crippen LogP) is 3.40. The third-order valence-electron chi connectivity index (χ3n) is 4.26. The molecule has 5 heteroatoms. The van der Waals surface area contributed by atoms with E-state index in [0.29, 0.717) is 6.61 Å². The summed E-state index contributed by atoms with van der Waals surface area (Å²) in [4.78, 5) is 16.9. The van der Waals surface area contributed by atoms with E-state index in [0.717, 1.165) is 22.7 Å². The van der Waals surface area contributed by atoms with Gasteiger partial charge in [-0.1, -0.05) is 42.5 Å². The molecule has 1 atom stereocenters. The van der Waals surface area contributed by atoms with Crippen LogP contribution in [0.2, 0.25) is 0 Å². The first kappa shape index (κ1) is 17.7. The largest absolute Gasteiger partial charge is 0.493 e. The summed E-state index contributed by atoms with van der Waals surface area (Å²) in [5.41, 5.74) is 2.15. The summed E-state index contributed by atoms with van der Waals surface area (Å²) in [7, 11) is 1.93. The van der Waals surface area contributed by atoms with E-state index in [1.807, 2.05) is 79.3 Å². The number of ether oxygens (including phenoxy) is 1. The number of para-hydroxylation sites is 1. The molecule has 134 valence electrons. The molecule has 0 aliphatic rings. The second-order valence-corrected chi connectivity index (χ2v) is 6.16. The molecular weight excluding hydrogens is 326 g/mol. The standard InChI is InChI=1S/C21H23N3O2/c1-16-8-6-7-11-18(16)20(21-22-13-14-24(21)2)23-19(25)12-15-26-17-9-4-3-5-10-17/h3-11,13-14,20H,12,15H2,1-2H3,(H,23,25). The van der Waals surface area contributed by atoms with Crippen LogP contribution in [-0.4, -0.2) is 22.1 Å². The summed E-state index contributed by atoms with van der Waals surface area (Å²) < 4.78 is 7.55. The zero-order valence-corrected chi connectivity index (χ0v) is 15.1. The molecule has 0 radical (unpaired) electrons. The summed E-state index contributed by atoms with van der Waals surface area (Å²) in [5.74, 6) is 1.49. The smallest absolute Gasteiger partial charge is 0.224 e. The van der Waals surface area contributed by atoms with Crippen LogP contribution in [0.15, 0.2) is 67.0 Å². The first-order chi connectivity index (χ1) is 12.6. The van der Waals surface area contributed by atoms with E-state index in [-0.39, 0.29) is 18.4 Å². The molecule has 1 unspecified atom stereocenters. The number of carbonyl (C=O) groups is 1. The van der Waals surface area contributed by atoms with Crippen molar-refractivity contribution in [3.63, 3.8) is 0 Å². The fourth-order valence-corrected chi connectivity index (χ4v) is 2.86. The highest BCUT2D eigenvalue weighted by Gasteiger charge is 2.22. The van der Waals surface area contributed by atoms with Crippen molar-refractivity contribution in [3.8, 4) is 5.75 Å². The zero-order chi connectivity index (χ0) is 18.4. The first-order valence-corrected chi connectivity index (χ1v) is 8.65. The normalized spacial score (nSPS) is 11.8. The molecule has 0 spiro atoms. The van der Waals surface area contributed by atoms with E-state index in [9.17, 15) is 4.79 Å². The van der Waals surface area contributed by atoms with E-state index in [4.69, 9.17) is 4.74 Å². The van der Waals surface area contributed by atoms with Crippen LogP contribution in [0.5, 0.6) is 5.75 Å². The van der Waals surface area contributed by atoms with Gasteiger partial charge >= 0.3 is 0 Å². The number of hydrogen-bond acceptors (Lipinski definition) is 3. The fraction of sp³-hybridized carbons (Fsp3) is 0.238.